The number of carbonyl (C=O) groups excluding carboxylic acids is 1. The van der Waals surface area contributed by atoms with Crippen molar-refractivity contribution in [2.45, 2.75) is 37.8 Å². The summed E-state index contributed by atoms with van der Waals surface area (Å²) in [4.78, 5) is 14.9. The minimum Gasteiger partial charge on any atom is -0.393 e. The minimum absolute atomic E-state index is 0.187. The highest BCUT2D eigenvalue weighted by atomic mass is 35.5. The first-order chi connectivity index (χ1) is 13.6. The Morgan fingerprint density at radius 3 is 2.57 bits per heavy atom. The average Bonchev–Trinajstić information content (AvgIpc) is 2.72. The van der Waals surface area contributed by atoms with E-state index in [-0.39, 0.29) is 12.0 Å². The van der Waals surface area contributed by atoms with Gasteiger partial charge in [-0.05, 0) is 56.0 Å². The number of anilines is 1. The number of aliphatic hydroxyl groups excluding tert-OH is 1. The monoisotopic (exact) mass is 397 g/mol. The Labute approximate surface area is 170 Å². The molecule has 3 rings (SSSR count). The van der Waals surface area contributed by atoms with Gasteiger partial charge in [0.15, 0.2) is 0 Å². The van der Waals surface area contributed by atoms with Crippen LogP contribution in [0.4, 0.5) is 5.69 Å². The molecule has 0 spiro atoms. The van der Waals surface area contributed by atoms with Crippen molar-refractivity contribution >= 4 is 23.2 Å². The summed E-state index contributed by atoms with van der Waals surface area (Å²) in [5.41, 5.74) is 1.39. The lowest BCUT2D eigenvalue weighted by atomic mass is 9.93. The summed E-state index contributed by atoms with van der Waals surface area (Å²) in [5.74, 6) is -0.244. The molecule has 5 nitrogen and oxygen atoms in total. The topological polar surface area (TPSA) is 76.4 Å². The van der Waals surface area contributed by atoms with E-state index in [2.05, 4.69) is 11.4 Å². The normalized spacial score (nSPS) is 19.0. The second-order valence-corrected chi connectivity index (χ2v) is 7.49. The van der Waals surface area contributed by atoms with Crippen molar-refractivity contribution in [1.82, 2.24) is 5.32 Å². The summed E-state index contributed by atoms with van der Waals surface area (Å²) in [7, 11) is 0. The van der Waals surface area contributed by atoms with Gasteiger partial charge in [-0.3, -0.25) is 4.79 Å². The van der Waals surface area contributed by atoms with E-state index in [9.17, 15) is 15.2 Å². The van der Waals surface area contributed by atoms with Gasteiger partial charge in [0.2, 0.25) is 0 Å². The zero-order chi connectivity index (χ0) is 19.9. The third-order valence-electron chi connectivity index (χ3n) is 5.11. The summed E-state index contributed by atoms with van der Waals surface area (Å²) < 4.78 is 0. The van der Waals surface area contributed by atoms with Gasteiger partial charge in [0.25, 0.3) is 5.91 Å². The molecule has 0 bridgehead atoms. The number of aliphatic hydroxyl groups is 1. The maximum Gasteiger partial charge on any atom is 0.259 e. The second kappa shape index (κ2) is 9.70. The molecule has 2 aromatic rings. The Balaban J connectivity index is 1.75. The molecule has 2 aromatic carbocycles. The molecular weight excluding hydrogens is 374 g/mol. The van der Waals surface area contributed by atoms with E-state index in [1.54, 1.807) is 23.1 Å². The van der Waals surface area contributed by atoms with Crippen molar-refractivity contribution in [2.24, 2.45) is 0 Å². The van der Waals surface area contributed by atoms with Gasteiger partial charge in [0.05, 0.1) is 23.3 Å². The van der Waals surface area contributed by atoms with Crippen molar-refractivity contribution in [1.29, 1.82) is 5.26 Å². The molecule has 1 fully saturated rings. The SMILES string of the molecule is N#Cc1ccc(Cl)cc1C(=O)N(CCNC1CCC(O)CC1)c1ccccc1. The molecule has 6 heteroatoms. The smallest absolute Gasteiger partial charge is 0.259 e. The Morgan fingerprint density at radius 2 is 1.89 bits per heavy atom. The number of amides is 1. The van der Waals surface area contributed by atoms with Crippen LogP contribution in [-0.4, -0.2) is 36.2 Å². The highest BCUT2D eigenvalue weighted by molar-refractivity contribution is 6.31. The summed E-state index contributed by atoms with van der Waals surface area (Å²) in [6.45, 7) is 1.10. The standard InChI is InChI=1S/C22H24ClN3O2/c23-17-7-6-16(15-24)21(14-17)22(28)26(19-4-2-1-3-5-19)13-12-25-18-8-10-20(27)11-9-18/h1-7,14,18,20,25,27H,8-13H2. The Kier molecular flexibility index (Phi) is 7.05. The zero-order valence-corrected chi connectivity index (χ0v) is 16.4. The molecule has 0 unspecified atom stereocenters. The zero-order valence-electron chi connectivity index (χ0n) is 15.6. The van der Waals surface area contributed by atoms with Crippen LogP contribution in [0, 0.1) is 11.3 Å². The summed E-state index contributed by atoms with van der Waals surface area (Å²) in [6.07, 6.45) is 3.31. The molecule has 1 aliphatic rings. The fourth-order valence-corrected chi connectivity index (χ4v) is 3.72. The van der Waals surface area contributed by atoms with E-state index in [1.165, 1.54) is 0 Å². The number of rotatable bonds is 6. The summed E-state index contributed by atoms with van der Waals surface area (Å²) in [5, 5.41) is 22.9. The van der Waals surface area contributed by atoms with Crippen LogP contribution in [0.25, 0.3) is 0 Å². The third kappa shape index (κ3) is 5.11. The number of nitrogens with zero attached hydrogens (tertiary/aromatic N) is 2. The van der Waals surface area contributed by atoms with Crippen molar-refractivity contribution < 1.29 is 9.90 Å². The molecule has 0 heterocycles. The van der Waals surface area contributed by atoms with Crippen LogP contribution in [-0.2, 0) is 0 Å². The number of hydrogen-bond donors (Lipinski definition) is 2. The van der Waals surface area contributed by atoms with Gasteiger partial charge >= 0.3 is 0 Å². The summed E-state index contributed by atoms with van der Waals surface area (Å²) >= 11 is 6.07. The van der Waals surface area contributed by atoms with Crippen molar-refractivity contribution in [3.05, 3.63) is 64.7 Å². The molecular formula is C22H24ClN3O2. The Bertz CT molecular complexity index is 843. The molecule has 0 atom stereocenters. The van der Waals surface area contributed by atoms with E-state index in [0.717, 1.165) is 31.4 Å². The number of nitriles is 1. The molecule has 0 saturated heterocycles. The van der Waals surface area contributed by atoms with E-state index in [1.807, 2.05) is 30.3 Å². The lowest BCUT2D eigenvalue weighted by Gasteiger charge is -2.28. The second-order valence-electron chi connectivity index (χ2n) is 7.05. The van der Waals surface area contributed by atoms with Gasteiger partial charge in [-0.1, -0.05) is 29.8 Å². The molecule has 2 N–H and O–H groups in total. The van der Waals surface area contributed by atoms with Crippen LogP contribution in [0.3, 0.4) is 0 Å². The van der Waals surface area contributed by atoms with E-state index >= 15 is 0 Å². The highest BCUT2D eigenvalue weighted by Crippen LogP contribution is 2.22. The van der Waals surface area contributed by atoms with E-state index in [4.69, 9.17) is 11.6 Å². The molecule has 0 radical (unpaired) electrons. The van der Waals surface area contributed by atoms with Crippen LogP contribution in [0.1, 0.15) is 41.6 Å². The van der Waals surface area contributed by atoms with Crippen LogP contribution in [0.15, 0.2) is 48.5 Å². The van der Waals surface area contributed by atoms with Crippen molar-refractivity contribution in [3.8, 4) is 6.07 Å². The number of benzene rings is 2. The number of carbonyl (C=O) groups is 1. The van der Waals surface area contributed by atoms with E-state index < -0.39 is 0 Å². The van der Waals surface area contributed by atoms with Crippen LogP contribution < -0.4 is 10.2 Å². The van der Waals surface area contributed by atoms with Gasteiger partial charge in [0, 0.05) is 29.8 Å². The lowest BCUT2D eigenvalue weighted by Crippen LogP contribution is -2.42. The van der Waals surface area contributed by atoms with Gasteiger partial charge in [-0.15, -0.1) is 0 Å². The lowest BCUT2D eigenvalue weighted by molar-refractivity contribution is 0.0985. The Hall–Kier alpha value is -2.39. The first kappa shape index (κ1) is 20.3. The molecule has 1 amide bonds. The maximum atomic E-state index is 13.3. The van der Waals surface area contributed by atoms with Gasteiger partial charge in [-0.2, -0.15) is 5.26 Å². The third-order valence-corrected chi connectivity index (χ3v) is 5.35. The quantitative estimate of drug-likeness (QED) is 0.778. The molecule has 1 aliphatic carbocycles. The van der Waals surface area contributed by atoms with Crippen molar-refractivity contribution in [2.75, 3.05) is 18.0 Å². The van der Waals surface area contributed by atoms with Crippen LogP contribution >= 0.6 is 11.6 Å². The molecule has 0 aromatic heterocycles. The first-order valence-electron chi connectivity index (χ1n) is 9.56. The minimum atomic E-state index is -0.244. The van der Waals surface area contributed by atoms with Gasteiger partial charge in [-0.25, -0.2) is 0 Å². The Morgan fingerprint density at radius 1 is 1.18 bits per heavy atom. The highest BCUT2D eigenvalue weighted by Gasteiger charge is 2.22. The number of para-hydroxylation sites is 1. The summed E-state index contributed by atoms with van der Waals surface area (Å²) in [6, 6.07) is 16.6. The molecule has 146 valence electrons. The number of hydrogen-bond acceptors (Lipinski definition) is 4. The molecule has 0 aliphatic heterocycles. The fourth-order valence-electron chi connectivity index (χ4n) is 3.55. The van der Waals surface area contributed by atoms with Gasteiger partial charge < -0.3 is 15.3 Å². The first-order valence-corrected chi connectivity index (χ1v) is 9.94. The van der Waals surface area contributed by atoms with Crippen molar-refractivity contribution in [3.63, 3.8) is 0 Å². The molecule has 1 saturated carbocycles. The number of nitrogens with one attached hydrogen (secondary N) is 1. The average molecular weight is 398 g/mol. The van der Waals surface area contributed by atoms with Gasteiger partial charge in [0.1, 0.15) is 0 Å². The van der Waals surface area contributed by atoms with Crippen LogP contribution in [0.5, 0.6) is 0 Å². The molecule has 28 heavy (non-hydrogen) atoms. The maximum absolute atomic E-state index is 13.3. The predicted octanol–water partition coefficient (Wildman–Crippen LogP) is 3.75. The number of halogens is 1. The van der Waals surface area contributed by atoms with Crippen LogP contribution in [0.2, 0.25) is 5.02 Å². The fraction of sp³-hybridized carbons (Fsp3) is 0.364. The predicted molar refractivity (Wildman–Crippen MR) is 111 cm³/mol. The largest absolute Gasteiger partial charge is 0.393 e. The van der Waals surface area contributed by atoms with E-state index in [0.29, 0.717) is 35.3 Å².